The molecule has 39 heavy (non-hydrogen) atoms. The number of carbonyl (C=O) groups is 3. The topological polar surface area (TPSA) is 152 Å². The van der Waals surface area contributed by atoms with E-state index in [4.69, 9.17) is 19.3 Å². The first-order valence-corrected chi connectivity index (χ1v) is 12.6. The molecule has 11 heteroatoms. The van der Waals surface area contributed by atoms with Gasteiger partial charge in [-0.05, 0) is 53.6 Å². The second-order valence-electron chi connectivity index (χ2n) is 9.57. The maximum Gasteiger partial charge on any atom is 0.322 e. The van der Waals surface area contributed by atoms with E-state index in [1.54, 1.807) is 26.0 Å². The van der Waals surface area contributed by atoms with E-state index in [0.717, 1.165) is 5.56 Å². The van der Waals surface area contributed by atoms with Gasteiger partial charge in [-0.1, -0.05) is 19.9 Å². The van der Waals surface area contributed by atoms with Crippen LogP contribution in [0.3, 0.4) is 0 Å². The molecule has 0 radical (unpaired) electrons. The van der Waals surface area contributed by atoms with Crippen LogP contribution in [-0.2, 0) is 20.8 Å². The number of anilines is 1. The number of fused-ring (bicyclic) bond motifs is 3. The van der Waals surface area contributed by atoms with Crippen molar-refractivity contribution < 1.29 is 33.7 Å². The predicted octanol–water partition coefficient (Wildman–Crippen LogP) is 2.50. The molecule has 3 rings (SSSR count). The van der Waals surface area contributed by atoms with Crippen LogP contribution in [-0.4, -0.2) is 56.8 Å². The molecular formula is C28H35N3O8. The fraction of sp³-hybridized carbons (Fsp3) is 0.429. The van der Waals surface area contributed by atoms with Gasteiger partial charge in [-0.15, -0.1) is 0 Å². The third-order valence-electron chi connectivity index (χ3n) is 6.59. The number of amides is 2. The highest BCUT2D eigenvalue weighted by Gasteiger charge is 2.30. The summed E-state index contributed by atoms with van der Waals surface area (Å²) in [7, 11) is 4.56. The molecule has 0 spiro atoms. The molecule has 0 aromatic heterocycles. The van der Waals surface area contributed by atoms with E-state index in [1.165, 1.54) is 34.3 Å². The van der Waals surface area contributed by atoms with Crippen LogP contribution in [0.4, 0.5) is 5.69 Å². The number of hydrogen-bond donors (Lipinski definition) is 4. The Kier molecular flexibility index (Phi) is 9.39. The third kappa shape index (κ3) is 6.42. The van der Waals surface area contributed by atoms with Gasteiger partial charge >= 0.3 is 5.97 Å². The molecule has 11 nitrogen and oxygen atoms in total. The molecule has 2 aromatic carbocycles. The molecule has 0 saturated carbocycles. The molecular weight excluding hydrogens is 506 g/mol. The van der Waals surface area contributed by atoms with Crippen LogP contribution < -0.4 is 35.6 Å². The SMILES string of the molecule is COc1cc2c(c(OC)c1OC)-c1ccc(NC(C(=O)NCC(=O)O)C(C)C)c(=O)cc1C(NC(C)=O)CC2. The summed E-state index contributed by atoms with van der Waals surface area (Å²) in [5, 5.41) is 17.2. The molecule has 4 N–H and O–H groups in total. The number of methoxy groups -OCH3 is 3. The molecule has 2 amide bonds. The lowest BCUT2D eigenvalue weighted by Gasteiger charge is -2.21. The molecule has 0 saturated heterocycles. The third-order valence-corrected chi connectivity index (χ3v) is 6.59. The minimum atomic E-state index is -1.17. The number of benzene rings is 1. The van der Waals surface area contributed by atoms with E-state index >= 15 is 0 Å². The number of aliphatic carboxylic acids is 1. The fourth-order valence-electron chi connectivity index (χ4n) is 4.80. The molecule has 1 aliphatic carbocycles. The van der Waals surface area contributed by atoms with Crippen LogP contribution in [0.5, 0.6) is 17.2 Å². The quantitative estimate of drug-likeness (QED) is 0.355. The van der Waals surface area contributed by atoms with E-state index in [1.807, 2.05) is 6.07 Å². The number of carboxylic acid groups (broad SMARTS) is 1. The summed E-state index contributed by atoms with van der Waals surface area (Å²) in [4.78, 5) is 49.2. The molecule has 0 heterocycles. The zero-order valence-electron chi connectivity index (χ0n) is 23.0. The van der Waals surface area contributed by atoms with Crippen LogP contribution in [0.2, 0.25) is 0 Å². The van der Waals surface area contributed by atoms with Crippen molar-refractivity contribution in [2.75, 3.05) is 33.2 Å². The maximum absolute atomic E-state index is 13.5. The summed E-state index contributed by atoms with van der Waals surface area (Å²) in [5.41, 5.74) is 2.59. The Morgan fingerprint density at radius 2 is 1.74 bits per heavy atom. The fourth-order valence-corrected chi connectivity index (χ4v) is 4.80. The average Bonchev–Trinajstić information content (AvgIpc) is 3.12. The molecule has 0 bridgehead atoms. The van der Waals surface area contributed by atoms with Crippen molar-refractivity contribution in [2.24, 2.45) is 5.92 Å². The van der Waals surface area contributed by atoms with Gasteiger partial charge in [0.1, 0.15) is 12.6 Å². The van der Waals surface area contributed by atoms with Crippen molar-refractivity contribution in [3.05, 3.63) is 45.6 Å². The first-order valence-electron chi connectivity index (χ1n) is 12.6. The van der Waals surface area contributed by atoms with Gasteiger partial charge in [0.2, 0.25) is 23.0 Å². The molecule has 210 valence electrons. The Balaban J connectivity index is 2.24. The minimum Gasteiger partial charge on any atom is -0.493 e. The number of hydrogen-bond acceptors (Lipinski definition) is 8. The largest absolute Gasteiger partial charge is 0.493 e. The summed E-state index contributed by atoms with van der Waals surface area (Å²) in [6.07, 6.45) is 1.07. The van der Waals surface area contributed by atoms with Crippen molar-refractivity contribution in [3.8, 4) is 28.4 Å². The summed E-state index contributed by atoms with van der Waals surface area (Å²) >= 11 is 0. The van der Waals surface area contributed by atoms with Gasteiger partial charge in [0, 0.05) is 12.5 Å². The molecule has 1 aliphatic rings. The number of carbonyl (C=O) groups excluding carboxylic acids is 2. The Morgan fingerprint density at radius 3 is 2.31 bits per heavy atom. The summed E-state index contributed by atoms with van der Waals surface area (Å²) in [5.74, 6) is -0.902. The van der Waals surface area contributed by atoms with E-state index in [0.29, 0.717) is 46.8 Å². The second kappa shape index (κ2) is 12.5. The number of carboxylic acids is 1. The van der Waals surface area contributed by atoms with E-state index in [2.05, 4.69) is 16.0 Å². The van der Waals surface area contributed by atoms with Gasteiger partial charge in [-0.3, -0.25) is 19.2 Å². The lowest BCUT2D eigenvalue weighted by atomic mass is 9.95. The smallest absolute Gasteiger partial charge is 0.322 e. The Labute approximate surface area is 226 Å². The van der Waals surface area contributed by atoms with Crippen molar-refractivity contribution in [3.63, 3.8) is 0 Å². The highest BCUT2D eigenvalue weighted by molar-refractivity contribution is 5.88. The van der Waals surface area contributed by atoms with Crippen molar-refractivity contribution in [1.29, 1.82) is 0 Å². The van der Waals surface area contributed by atoms with Crippen LogP contribution in [0.25, 0.3) is 11.1 Å². The lowest BCUT2D eigenvalue weighted by Crippen LogP contribution is -2.45. The average molecular weight is 542 g/mol. The second-order valence-corrected chi connectivity index (χ2v) is 9.57. The zero-order valence-corrected chi connectivity index (χ0v) is 23.0. The lowest BCUT2D eigenvalue weighted by molar-refractivity contribution is -0.138. The van der Waals surface area contributed by atoms with Gasteiger partial charge in [0.15, 0.2) is 11.5 Å². The molecule has 2 unspecified atom stereocenters. The van der Waals surface area contributed by atoms with Crippen LogP contribution in [0, 0.1) is 5.92 Å². The summed E-state index contributed by atoms with van der Waals surface area (Å²) in [6, 6.07) is 5.31. The normalized spacial score (nSPS) is 14.7. The van der Waals surface area contributed by atoms with Crippen LogP contribution >= 0.6 is 0 Å². The molecule has 2 atom stereocenters. The minimum absolute atomic E-state index is 0.148. The predicted molar refractivity (Wildman–Crippen MR) is 146 cm³/mol. The van der Waals surface area contributed by atoms with Gasteiger partial charge in [0.05, 0.1) is 33.1 Å². The zero-order chi connectivity index (χ0) is 28.9. The van der Waals surface area contributed by atoms with Gasteiger partial charge in [0.25, 0.3) is 0 Å². The standard InChI is InChI=1S/C28H35N3O8/c1-14(2)25(28(36)29-13-23(34)35)31-20-10-8-17-18(12-21(20)33)19(30-15(3)32)9-7-16-11-22(37-4)26(38-5)27(39-6)24(16)17/h8,10-12,14,19,25H,7,9,13H2,1-6H3,(H,29,36)(H,30,32)(H,31,33)(H,34,35). The van der Waals surface area contributed by atoms with Gasteiger partial charge in [-0.2, -0.15) is 0 Å². The Hall–Kier alpha value is -4.28. The highest BCUT2D eigenvalue weighted by Crippen LogP contribution is 2.50. The Morgan fingerprint density at radius 1 is 1.05 bits per heavy atom. The monoisotopic (exact) mass is 541 g/mol. The van der Waals surface area contributed by atoms with Crippen LogP contribution in [0.1, 0.15) is 44.4 Å². The highest BCUT2D eigenvalue weighted by atomic mass is 16.5. The number of aryl methyl sites for hydroxylation is 1. The number of nitrogens with one attached hydrogen (secondary N) is 3. The number of ether oxygens (including phenoxy) is 3. The van der Waals surface area contributed by atoms with E-state index < -0.39 is 35.9 Å². The maximum atomic E-state index is 13.5. The van der Waals surface area contributed by atoms with E-state index in [-0.39, 0.29) is 17.5 Å². The molecule has 0 aliphatic heterocycles. The first kappa shape index (κ1) is 29.3. The van der Waals surface area contributed by atoms with Gasteiger partial charge < -0.3 is 35.3 Å². The van der Waals surface area contributed by atoms with Gasteiger partial charge in [-0.25, -0.2) is 0 Å². The molecule has 2 aromatic rings. The van der Waals surface area contributed by atoms with Crippen molar-refractivity contribution in [1.82, 2.24) is 10.6 Å². The van der Waals surface area contributed by atoms with Crippen molar-refractivity contribution >= 4 is 23.5 Å². The van der Waals surface area contributed by atoms with E-state index in [9.17, 15) is 19.2 Å². The van der Waals surface area contributed by atoms with Crippen molar-refractivity contribution in [2.45, 2.75) is 45.7 Å². The van der Waals surface area contributed by atoms with Crippen LogP contribution in [0.15, 0.2) is 29.1 Å². The molecule has 0 fully saturated rings. The summed E-state index contributed by atoms with van der Waals surface area (Å²) in [6.45, 7) is 4.45. The summed E-state index contributed by atoms with van der Waals surface area (Å²) < 4.78 is 16.9. The first-order chi connectivity index (χ1) is 18.5. The Bertz CT molecular complexity index is 1320. The number of rotatable bonds is 10.